The van der Waals surface area contributed by atoms with E-state index in [2.05, 4.69) is 9.98 Å². The number of nitrogens with zero attached hydrogens (tertiary/aromatic N) is 2. The average Bonchev–Trinajstić information content (AvgIpc) is 3.11. The maximum atomic E-state index is 11.8. The van der Waals surface area contributed by atoms with Crippen molar-refractivity contribution < 1.29 is 14.3 Å². The maximum Gasteiger partial charge on any atom is 0.363 e. The molecule has 0 radical (unpaired) electrons. The number of hydrogen-bond acceptors (Lipinski definition) is 6. The highest BCUT2D eigenvalue weighted by atomic mass is 35.5. The highest BCUT2D eigenvalue weighted by molar-refractivity contribution is 7.12. The zero-order chi connectivity index (χ0) is 14.8. The van der Waals surface area contributed by atoms with E-state index >= 15 is 0 Å². The van der Waals surface area contributed by atoms with E-state index in [0.29, 0.717) is 17.3 Å². The Hall–Kier alpha value is -2.18. The molecule has 0 bridgehead atoms. The molecule has 0 saturated carbocycles. The minimum absolute atomic E-state index is 0.187. The highest BCUT2D eigenvalue weighted by Gasteiger charge is 2.25. The van der Waals surface area contributed by atoms with E-state index in [1.54, 1.807) is 12.1 Å². The fraction of sp³-hybridized carbons (Fsp3) is 0.0714. The molecule has 1 aliphatic heterocycles. The predicted octanol–water partition coefficient (Wildman–Crippen LogP) is 3.15. The first-order valence-corrected chi connectivity index (χ1v) is 7.20. The number of halogens is 1. The highest BCUT2D eigenvalue weighted by Crippen LogP contribution is 2.24. The van der Waals surface area contributed by atoms with E-state index in [4.69, 9.17) is 21.1 Å². The van der Waals surface area contributed by atoms with Crippen molar-refractivity contribution in [2.75, 3.05) is 7.11 Å². The summed E-state index contributed by atoms with van der Waals surface area (Å²) in [4.78, 5) is 20.8. The molecule has 0 amide bonds. The van der Waals surface area contributed by atoms with Crippen molar-refractivity contribution in [1.82, 2.24) is 4.98 Å². The van der Waals surface area contributed by atoms with E-state index in [1.807, 2.05) is 17.5 Å². The van der Waals surface area contributed by atoms with Crippen molar-refractivity contribution in [1.29, 1.82) is 0 Å². The summed E-state index contributed by atoms with van der Waals surface area (Å²) in [6.07, 6.45) is 1.54. The van der Waals surface area contributed by atoms with Gasteiger partial charge in [-0.2, -0.15) is 0 Å². The molecule has 0 fully saturated rings. The van der Waals surface area contributed by atoms with Crippen molar-refractivity contribution in [3.05, 3.63) is 50.9 Å². The molecule has 0 saturated heterocycles. The SMILES string of the molecule is COc1ccc(/C=C2/N=C(c3cccs3)OC2=O)c(Cl)n1. The first-order chi connectivity index (χ1) is 10.2. The van der Waals surface area contributed by atoms with Crippen molar-refractivity contribution in [2.45, 2.75) is 0 Å². The summed E-state index contributed by atoms with van der Waals surface area (Å²) >= 11 is 7.48. The van der Waals surface area contributed by atoms with Crippen LogP contribution >= 0.6 is 22.9 Å². The van der Waals surface area contributed by atoms with Gasteiger partial charge in [0, 0.05) is 11.6 Å². The van der Waals surface area contributed by atoms with Gasteiger partial charge in [0.2, 0.25) is 11.8 Å². The monoisotopic (exact) mass is 320 g/mol. The van der Waals surface area contributed by atoms with Crippen LogP contribution in [-0.2, 0) is 9.53 Å². The Bertz CT molecular complexity index is 754. The van der Waals surface area contributed by atoms with Crippen LogP contribution in [0, 0.1) is 0 Å². The molecular weight excluding hydrogens is 312 g/mol. The lowest BCUT2D eigenvalue weighted by Gasteiger charge is -2.01. The number of carbonyl (C=O) groups is 1. The first-order valence-electron chi connectivity index (χ1n) is 5.94. The van der Waals surface area contributed by atoms with Crippen LogP contribution in [0.15, 0.2) is 40.3 Å². The summed E-state index contributed by atoms with van der Waals surface area (Å²) in [7, 11) is 1.50. The Morgan fingerprint density at radius 1 is 1.38 bits per heavy atom. The summed E-state index contributed by atoms with van der Waals surface area (Å²) in [6.45, 7) is 0. The van der Waals surface area contributed by atoms with Gasteiger partial charge in [-0.1, -0.05) is 17.7 Å². The fourth-order valence-corrected chi connectivity index (χ4v) is 2.56. The third kappa shape index (κ3) is 2.81. The second-order valence-electron chi connectivity index (χ2n) is 4.05. The standard InChI is InChI=1S/C14H9ClN2O3S/c1-19-11-5-4-8(12(15)17-11)7-9-14(18)20-13(16-9)10-3-2-6-21-10/h2-7H,1H3/b9-7+. The first kappa shape index (κ1) is 13.8. The summed E-state index contributed by atoms with van der Waals surface area (Å²) in [5, 5.41) is 2.12. The number of aromatic nitrogens is 1. The largest absolute Gasteiger partial charge is 0.481 e. The number of esters is 1. The Kier molecular flexibility index (Phi) is 3.72. The van der Waals surface area contributed by atoms with Crippen LogP contribution < -0.4 is 4.74 Å². The lowest BCUT2D eigenvalue weighted by Crippen LogP contribution is -2.03. The molecule has 0 atom stereocenters. The van der Waals surface area contributed by atoms with Gasteiger partial charge in [-0.05, 0) is 23.6 Å². The van der Waals surface area contributed by atoms with Crippen LogP contribution in [0.25, 0.3) is 6.08 Å². The van der Waals surface area contributed by atoms with Crippen molar-refractivity contribution in [3.63, 3.8) is 0 Å². The maximum absolute atomic E-state index is 11.8. The quantitative estimate of drug-likeness (QED) is 0.495. The van der Waals surface area contributed by atoms with Gasteiger partial charge in [0.25, 0.3) is 0 Å². The number of carbonyl (C=O) groups excluding carboxylic acids is 1. The molecule has 1 aliphatic rings. The van der Waals surface area contributed by atoms with Crippen molar-refractivity contribution in [3.8, 4) is 5.88 Å². The third-order valence-electron chi connectivity index (χ3n) is 2.71. The minimum Gasteiger partial charge on any atom is -0.481 e. The molecule has 21 heavy (non-hydrogen) atoms. The Morgan fingerprint density at radius 2 is 2.24 bits per heavy atom. The van der Waals surface area contributed by atoms with Crippen LogP contribution in [0.5, 0.6) is 5.88 Å². The predicted molar refractivity (Wildman–Crippen MR) is 80.7 cm³/mol. The molecular formula is C14H9ClN2O3S. The number of pyridine rings is 1. The summed E-state index contributed by atoms with van der Waals surface area (Å²) in [5.41, 5.74) is 0.757. The average molecular weight is 321 g/mol. The molecule has 0 unspecified atom stereocenters. The molecule has 0 aromatic carbocycles. The smallest absolute Gasteiger partial charge is 0.363 e. The lowest BCUT2D eigenvalue weighted by molar-refractivity contribution is -0.129. The van der Waals surface area contributed by atoms with E-state index in [-0.39, 0.29) is 10.9 Å². The van der Waals surface area contributed by atoms with Crippen LogP contribution in [-0.4, -0.2) is 24.0 Å². The van der Waals surface area contributed by atoms with E-state index in [9.17, 15) is 4.79 Å². The summed E-state index contributed by atoms with van der Waals surface area (Å²) < 4.78 is 10.1. The van der Waals surface area contributed by atoms with Gasteiger partial charge < -0.3 is 9.47 Å². The second-order valence-corrected chi connectivity index (χ2v) is 5.35. The number of thiophene rings is 1. The molecule has 0 spiro atoms. The van der Waals surface area contributed by atoms with E-state index in [0.717, 1.165) is 4.88 Å². The van der Waals surface area contributed by atoms with Crippen LogP contribution in [0.2, 0.25) is 5.15 Å². The molecule has 5 nitrogen and oxygen atoms in total. The summed E-state index contributed by atoms with van der Waals surface area (Å²) in [5.74, 6) is 0.197. The topological polar surface area (TPSA) is 60.8 Å². The van der Waals surface area contributed by atoms with Gasteiger partial charge >= 0.3 is 5.97 Å². The number of cyclic esters (lactones) is 1. The molecule has 3 rings (SSSR count). The molecule has 2 aromatic heterocycles. The van der Waals surface area contributed by atoms with Crippen LogP contribution in [0.4, 0.5) is 0 Å². The minimum atomic E-state index is -0.509. The Balaban J connectivity index is 1.94. The van der Waals surface area contributed by atoms with Crippen molar-refractivity contribution >= 4 is 40.9 Å². The van der Waals surface area contributed by atoms with Crippen molar-refractivity contribution in [2.24, 2.45) is 4.99 Å². The van der Waals surface area contributed by atoms with Crippen LogP contribution in [0.1, 0.15) is 10.4 Å². The number of ether oxygens (including phenoxy) is 2. The third-order valence-corrected chi connectivity index (χ3v) is 3.87. The van der Waals surface area contributed by atoms with Gasteiger partial charge in [0.1, 0.15) is 5.15 Å². The number of methoxy groups -OCH3 is 1. The molecule has 0 aliphatic carbocycles. The number of hydrogen-bond donors (Lipinski definition) is 0. The van der Waals surface area contributed by atoms with Gasteiger partial charge in [0.15, 0.2) is 5.70 Å². The fourth-order valence-electron chi connectivity index (χ4n) is 1.71. The zero-order valence-electron chi connectivity index (χ0n) is 10.9. The second kappa shape index (κ2) is 5.67. The molecule has 106 valence electrons. The molecule has 2 aromatic rings. The normalized spacial score (nSPS) is 16.0. The number of rotatable bonds is 3. The molecule has 7 heteroatoms. The van der Waals surface area contributed by atoms with Crippen LogP contribution in [0.3, 0.4) is 0 Å². The lowest BCUT2D eigenvalue weighted by atomic mass is 10.2. The van der Waals surface area contributed by atoms with Gasteiger partial charge in [0.05, 0.1) is 12.0 Å². The summed E-state index contributed by atoms with van der Waals surface area (Å²) in [6, 6.07) is 7.06. The molecule has 3 heterocycles. The zero-order valence-corrected chi connectivity index (χ0v) is 12.4. The van der Waals surface area contributed by atoms with Gasteiger partial charge in [-0.3, -0.25) is 0 Å². The van der Waals surface area contributed by atoms with Gasteiger partial charge in [-0.25, -0.2) is 14.8 Å². The van der Waals surface area contributed by atoms with Gasteiger partial charge in [-0.15, -0.1) is 11.3 Å². The van der Waals surface area contributed by atoms with E-state index < -0.39 is 5.97 Å². The number of aliphatic imine (C=N–C) groups is 1. The Morgan fingerprint density at radius 3 is 2.90 bits per heavy atom. The molecule has 0 N–H and O–H groups in total. The van der Waals surface area contributed by atoms with E-state index in [1.165, 1.54) is 24.5 Å². The Labute approximate surface area is 129 Å².